The summed E-state index contributed by atoms with van der Waals surface area (Å²) < 4.78 is 5.33. The largest absolute Gasteiger partial charge is 0.496 e. The number of rotatable bonds is 7. The number of aryl methyl sites for hydroxylation is 2. The molecule has 4 rings (SSSR count). The molecule has 1 amide bonds. The fourth-order valence-corrected chi connectivity index (χ4v) is 4.36. The molecule has 3 heterocycles. The van der Waals surface area contributed by atoms with Crippen molar-refractivity contribution in [1.82, 2.24) is 20.1 Å². The van der Waals surface area contributed by atoms with E-state index in [1.165, 1.54) is 5.56 Å². The molecule has 1 unspecified atom stereocenters. The molecule has 1 fully saturated rings. The van der Waals surface area contributed by atoms with Crippen LogP contribution in [0.15, 0.2) is 48.9 Å². The molecule has 1 N–H and O–H groups in total. The van der Waals surface area contributed by atoms with Gasteiger partial charge in [-0.3, -0.25) is 14.9 Å². The zero-order chi connectivity index (χ0) is 20.9. The van der Waals surface area contributed by atoms with E-state index in [4.69, 9.17) is 4.74 Å². The Kier molecular flexibility index (Phi) is 6.12. The molecule has 0 bridgehead atoms. The molecule has 0 aliphatic carbocycles. The second-order valence-corrected chi connectivity index (χ2v) is 7.84. The molecule has 6 heteroatoms. The van der Waals surface area contributed by atoms with Gasteiger partial charge in [0.2, 0.25) is 5.91 Å². The van der Waals surface area contributed by atoms with Gasteiger partial charge in [-0.05, 0) is 67.5 Å². The van der Waals surface area contributed by atoms with E-state index < -0.39 is 0 Å². The van der Waals surface area contributed by atoms with Crippen molar-refractivity contribution in [1.29, 1.82) is 0 Å². The van der Waals surface area contributed by atoms with Crippen LogP contribution in [0.25, 0.3) is 11.1 Å². The Hall–Kier alpha value is -3.15. The van der Waals surface area contributed by atoms with Gasteiger partial charge in [-0.2, -0.15) is 5.10 Å². The smallest absolute Gasteiger partial charge is 0.223 e. The summed E-state index contributed by atoms with van der Waals surface area (Å²) in [4.78, 5) is 19.1. The summed E-state index contributed by atoms with van der Waals surface area (Å²) in [5, 5.41) is 7.42. The Morgan fingerprint density at radius 1 is 1.27 bits per heavy atom. The molecule has 0 saturated carbocycles. The number of nitrogens with zero attached hydrogens (tertiary/aromatic N) is 3. The molecule has 1 atom stereocenters. The van der Waals surface area contributed by atoms with E-state index in [1.807, 2.05) is 36.2 Å². The normalized spacial score (nSPS) is 16.1. The number of likely N-dealkylation sites (tertiary alicyclic amines) is 1. The van der Waals surface area contributed by atoms with Crippen LogP contribution < -0.4 is 4.74 Å². The maximum absolute atomic E-state index is 13.0. The first-order valence-electron chi connectivity index (χ1n) is 10.5. The van der Waals surface area contributed by atoms with Crippen LogP contribution in [0.5, 0.6) is 5.75 Å². The molecule has 0 radical (unpaired) electrons. The fourth-order valence-electron chi connectivity index (χ4n) is 4.36. The lowest BCUT2D eigenvalue weighted by Crippen LogP contribution is -2.30. The maximum atomic E-state index is 13.0. The first-order valence-corrected chi connectivity index (χ1v) is 10.5. The Morgan fingerprint density at radius 2 is 2.10 bits per heavy atom. The highest BCUT2D eigenvalue weighted by Crippen LogP contribution is 2.36. The minimum Gasteiger partial charge on any atom is -0.496 e. The Morgan fingerprint density at radius 3 is 2.87 bits per heavy atom. The van der Waals surface area contributed by atoms with Crippen molar-refractivity contribution in [2.24, 2.45) is 0 Å². The van der Waals surface area contributed by atoms with E-state index in [0.717, 1.165) is 60.4 Å². The van der Waals surface area contributed by atoms with Gasteiger partial charge >= 0.3 is 0 Å². The lowest BCUT2D eigenvalue weighted by molar-refractivity contribution is -0.132. The Balaban J connectivity index is 1.40. The monoisotopic (exact) mass is 404 g/mol. The minimum atomic E-state index is 0.0615. The van der Waals surface area contributed by atoms with Crippen LogP contribution in [0, 0.1) is 6.92 Å². The summed E-state index contributed by atoms with van der Waals surface area (Å²) in [5.41, 5.74) is 5.52. The van der Waals surface area contributed by atoms with E-state index in [9.17, 15) is 4.79 Å². The van der Waals surface area contributed by atoms with Gasteiger partial charge in [0.25, 0.3) is 0 Å². The zero-order valence-corrected chi connectivity index (χ0v) is 17.6. The number of aromatic nitrogens is 3. The summed E-state index contributed by atoms with van der Waals surface area (Å²) in [6.45, 7) is 2.85. The van der Waals surface area contributed by atoms with Crippen molar-refractivity contribution >= 4 is 5.91 Å². The van der Waals surface area contributed by atoms with Crippen molar-refractivity contribution in [3.8, 4) is 16.9 Å². The van der Waals surface area contributed by atoms with E-state index in [2.05, 4.69) is 27.3 Å². The number of amides is 1. The van der Waals surface area contributed by atoms with Gasteiger partial charge in [0.15, 0.2) is 0 Å². The number of hydrogen-bond acceptors (Lipinski definition) is 4. The van der Waals surface area contributed by atoms with Crippen LogP contribution in [0.1, 0.15) is 48.5 Å². The summed E-state index contributed by atoms with van der Waals surface area (Å²) >= 11 is 0. The van der Waals surface area contributed by atoms with Crippen molar-refractivity contribution in [3.05, 3.63) is 65.7 Å². The van der Waals surface area contributed by atoms with E-state index in [0.29, 0.717) is 6.42 Å². The molecule has 30 heavy (non-hydrogen) atoms. The van der Waals surface area contributed by atoms with Crippen molar-refractivity contribution in [2.45, 2.75) is 45.1 Å². The Bertz CT molecular complexity index is 999. The number of ether oxygens (including phenoxy) is 1. The van der Waals surface area contributed by atoms with E-state index >= 15 is 0 Å². The van der Waals surface area contributed by atoms with Crippen LogP contribution in [0.2, 0.25) is 0 Å². The molecule has 156 valence electrons. The van der Waals surface area contributed by atoms with Crippen LogP contribution in [0.3, 0.4) is 0 Å². The first kappa shape index (κ1) is 20.1. The highest BCUT2D eigenvalue weighted by Gasteiger charge is 2.32. The predicted molar refractivity (Wildman–Crippen MR) is 116 cm³/mol. The summed E-state index contributed by atoms with van der Waals surface area (Å²) in [6, 6.07) is 10.3. The van der Waals surface area contributed by atoms with Crippen LogP contribution >= 0.6 is 0 Å². The number of aromatic amines is 1. The molecule has 3 aromatic rings. The third-order valence-corrected chi connectivity index (χ3v) is 5.88. The van der Waals surface area contributed by atoms with Crippen LogP contribution in [0.4, 0.5) is 0 Å². The van der Waals surface area contributed by atoms with Gasteiger partial charge in [-0.15, -0.1) is 0 Å². The molecular weight excluding hydrogens is 376 g/mol. The van der Waals surface area contributed by atoms with Gasteiger partial charge in [0, 0.05) is 30.9 Å². The number of methoxy groups -OCH3 is 1. The summed E-state index contributed by atoms with van der Waals surface area (Å²) in [7, 11) is 1.69. The number of hydrogen-bond donors (Lipinski definition) is 1. The second-order valence-electron chi connectivity index (χ2n) is 7.84. The van der Waals surface area contributed by atoms with Gasteiger partial charge < -0.3 is 9.64 Å². The van der Waals surface area contributed by atoms with Gasteiger partial charge in [0.1, 0.15) is 5.75 Å². The van der Waals surface area contributed by atoms with Gasteiger partial charge in [-0.25, -0.2) is 0 Å². The van der Waals surface area contributed by atoms with E-state index in [-0.39, 0.29) is 11.9 Å². The molecule has 0 spiro atoms. The zero-order valence-electron chi connectivity index (χ0n) is 17.6. The molecule has 2 aromatic heterocycles. The number of pyridine rings is 1. The minimum absolute atomic E-state index is 0.0615. The second kappa shape index (κ2) is 9.11. The molecule has 6 nitrogen and oxygen atoms in total. The van der Waals surface area contributed by atoms with Crippen molar-refractivity contribution in [2.75, 3.05) is 13.7 Å². The third-order valence-electron chi connectivity index (χ3n) is 5.88. The lowest BCUT2D eigenvalue weighted by Gasteiger charge is -2.25. The fraction of sp³-hybridized carbons (Fsp3) is 0.375. The lowest BCUT2D eigenvalue weighted by atomic mass is 10.0. The molecule has 1 aliphatic heterocycles. The Labute approximate surface area is 177 Å². The number of benzene rings is 1. The number of carbonyl (C=O) groups excluding carboxylic acids is 1. The molecule has 1 aliphatic rings. The number of nitrogens with one attached hydrogen (secondary N) is 1. The molecule has 1 saturated heterocycles. The number of carbonyl (C=O) groups is 1. The number of H-pyrrole nitrogens is 1. The summed E-state index contributed by atoms with van der Waals surface area (Å²) in [6.07, 6.45) is 9.68. The molecule has 1 aromatic carbocycles. The highest BCUT2D eigenvalue weighted by atomic mass is 16.5. The van der Waals surface area contributed by atoms with E-state index in [1.54, 1.807) is 19.5 Å². The average molecular weight is 405 g/mol. The van der Waals surface area contributed by atoms with Gasteiger partial charge in [-0.1, -0.05) is 12.1 Å². The predicted octanol–water partition coefficient (Wildman–Crippen LogP) is 4.48. The van der Waals surface area contributed by atoms with Crippen molar-refractivity contribution in [3.63, 3.8) is 0 Å². The van der Waals surface area contributed by atoms with Gasteiger partial charge in [0.05, 0.1) is 25.0 Å². The standard InChI is InChI=1S/C24H28N4O2/c1-17-15-18(8-9-22(17)30-2)5-3-7-23(29)28-14-4-6-21(28)24-20(16-26-27-24)19-10-12-25-13-11-19/h8-13,15-16,21H,3-7,14H2,1-2H3,(H,26,27). The third kappa shape index (κ3) is 4.22. The first-order chi connectivity index (χ1) is 14.7. The average Bonchev–Trinajstić information content (AvgIpc) is 3.44. The van der Waals surface area contributed by atoms with Crippen LogP contribution in [-0.4, -0.2) is 39.6 Å². The topological polar surface area (TPSA) is 71.1 Å². The van der Waals surface area contributed by atoms with Crippen LogP contribution in [-0.2, 0) is 11.2 Å². The van der Waals surface area contributed by atoms with Crippen molar-refractivity contribution < 1.29 is 9.53 Å². The quantitative estimate of drug-likeness (QED) is 0.630. The SMILES string of the molecule is COc1ccc(CCCC(=O)N2CCCC2c2[nH]ncc2-c2ccncc2)cc1C. The summed E-state index contributed by atoms with van der Waals surface area (Å²) in [5.74, 6) is 1.12. The highest BCUT2D eigenvalue weighted by molar-refractivity contribution is 5.77. The maximum Gasteiger partial charge on any atom is 0.223 e. The molecular formula is C24H28N4O2.